The van der Waals surface area contributed by atoms with Crippen LogP contribution in [0.15, 0.2) is 42.5 Å². The minimum atomic E-state index is -0.231. The van der Waals surface area contributed by atoms with Crippen LogP contribution in [-0.2, 0) is 4.79 Å². The number of aryl methyl sites for hydroxylation is 3. The van der Waals surface area contributed by atoms with Crippen molar-refractivity contribution in [2.75, 3.05) is 6.54 Å². The highest BCUT2D eigenvalue weighted by atomic mass is 16.2. The minimum Gasteiger partial charge on any atom is -0.348 e. The number of hydrogen-bond donors (Lipinski definition) is 2. The number of carbonyl (C=O) groups is 2. The first kappa shape index (κ1) is 18.7. The van der Waals surface area contributed by atoms with Gasteiger partial charge in [0.2, 0.25) is 5.91 Å². The highest BCUT2D eigenvalue weighted by Gasteiger charge is 2.14. The van der Waals surface area contributed by atoms with Gasteiger partial charge >= 0.3 is 0 Å². The Labute approximate surface area is 149 Å². The highest BCUT2D eigenvalue weighted by Crippen LogP contribution is 2.16. The molecule has 0 saturated carbocycles. The van der Waals surface area contributed by atoms with Crippen molar-refractivity contribution >= 4 is 11.8 Å². The summed E-state index contributed by atoms with van der Waals surface area (Å²) in [6.45, 7) is 7.92. The molecule has 1 unspecified atom stereocenters. The first-order chi connectivity index (χ1) is 11.9. The maximum absolute atomic E-state index is 12.2. The molecule has 0 spiro atoms. The minimum absolute atomic E-state index is 0.0335. The van der Waals surface area contributed by atoms with Crippen LogP contribution in [0.1, 0.15) is 52.0 Å². The van der Waals surface area contributed by atoms with Crippen LogP contribution in [0.3, 0.4) is 0 Å². The number of benzene rings is 2. The van der Waals surface area contributed by atoms with Crippen molar-refractivity contribution in [2.24, 2.45) is 0 Å². The summed E-state index contributed by atoms with van der Waals surface area (Å²) in [5.74, 6) is -0.421. The Morgan fingerprint density at radius 1 is 0.920 bits per heavy atom. The van der Waals surface area contributed by atoms with Gasteiger partial charge in [0.05, 0.1) is 12.6 Å². The molecular weight excluding hydrogens is 312 g/mol. The third kappa shape index (κ3) is 5.45. The van der Waals surface area contributed by atoms with Crippen molar-refractivity contribution in [3.63, 3.8) is 0 Å². The van der Waals surface area contributed by atoms with E-state index in [1.54, 1.807) is 0 Å². The maximum atomic E-state index is 12.2. The predicted molar refractivity (Wildman–Crippen MR) is 101 cm³/mol. The molecule has 4 nitrogen and oxygen atoms in total. The van der Waals surface area contributed by atoms with Crippen LogP contribution < -0.4 is 10.6 Å². The summed E-state index contributed by atoms with van der Waals surface area (Å²) in [5, 5.41) is 5.67. The van der Waals surface area contributed by atoms with E-state index in [4.69, 9.17) is 0 Å². The molecule has 2 amide bonds. The van der Waals surface area contributed by atoms with Crippen LogP contribution in [0.25, 0.3) is 0 Å². The van der Waals surface area contributed by atoms with Crippen LogP contribution in [-0.4, -0.2) is 18.4 Å². The highest BCUT2D eigenvalue weighted by molar-refractivity contribution is 5.96. The summed E-state index contributed by atoms with van der Waals surface area (Å²) in [5.41, 5.74) is 4.89. The summed E-state index contributed by atoms with van der Waals surface area (Å²) in [6.07, 6.45) is 0.791. The lowest BCUT2D eigenvalue weighted by atomic mass is 10.0. The quantitative estimate of drug-likeness (QED) is 0.845. The van der Waals surface area contributed by atoms with Crippen molar-refractivity contribution in [3.8, 4) is 0 Å². The van der Waals surface area contributed by atoms with Gasteiger partial charge in [-0.05, 0) is 44.9 Å². The van der Waals surface area contributed by atoms with Gasteiger partial charge in [0, 0.05) is 5.56 Å². The maximum Gasteiger partial charge on any atom is 0.251 e. The Bertz CT molecular complexity index is 731. The zero-order chi connectivity index (χ0) is 18.4. The molecule has 4 heteroatoms. The predicted octanol–water partition coefficient (Wildman–Crippen LogP) is 3.61. The SMILES string of the molecule is CCC(NC(=O)CNC(=O)c1cc(C)cc(C)c1)c1ccc(C)cc1. The normalized spacial score (nSPS) is 11.7. The Morgan fingerprint density at radius 2 is 1.52 bits per heavy atom. The topological polar surface area (TPSA) is 58.2 Å². The van der Waals surface area contributed by atoms with E-state index in [0.717, 1.165) is 23.1 Å². The number of amides is 2. The third-order valence-electron chi connectivity index (χ3n) is 4.12. The summed E-state index contributed by atoms with van der Waals surface area (Å²) in [6, 6.07) is 13.7. The molecule has 2 rings (SSSR count). The van der Waals surface area contributed by atoms with E-state index in [1.807, 2.05) is 70.2 Å². The molecule has 0 radical (unpaired) electrons. The van der Waals surface area contributed by atoms with Crippen LogP contribution in [0.5, 0.6) is 0 Å². The molecule has 0 saturated heterocycles. The van der Waals surface area contributed by atoms with Gasteiger partial charge < -0.3 is 10.6 Å². The van der Waals surface area contributed by atoms with E-state index in [2.05, 4.69) is 10.6 Å². The number of hydrogen-bond acceptors (Lipinski definition) is 2. The van der Waals surface area contributed by atoms with Gasteiger partial charge in [-0.3, -0.25) is 9.59 Å². The molecule has 0 heterocycles. The first-order valence-electron chi connectivity index (χ1n) is 8.61. The standard InChI is InChI=1S/C21H26N2O2/c1-5-19(17-8-6-14(2)7-9-17)23-20(24)13-22-21(25)18-11-15(3)10-16(4)12-18/h6-12,19H,5,13H2,1-4H3,(H,22,25)(H,23,24). The Hall–Kier alpha value is -2.62. The molecule has 1 atom stereocenters. The lowest BCUT2D eigenvalue weighted by Gasteiger charge is -2.18. The van der Waals surface area contributed by atoms with Crippen molar-refractivity contribution < 1.29 is 9.59 Å². The van der Waals surface area contributed by atoms with E-state index in [1.165, 1.54) is 5.56 Å². The first-order valence-corrected chi connectivity index (χ1v) is 8.61. The second kappa shape index (κ2) is 8.47. The Morgan fingerprint density at radius 3 is 2.08 bits per heavy atom. The second-order valence-electron chi connectivity index (χ2n) is 6.50. The molecule has 0 fully saturated rings. The van der Waals surface area contributed by atoms with Gasteiger partial charge in [-0.15, -0.1) is 0 Å². The lowest BCUT2D eigenvalue weighted by Crippen LogP contribution is -2.38. The zero-order valence-corrected chi connectivity index (χ0v) is 15.3. The van der Waals surface area contributed by atoms with Crippen LogP contribution in [0.4, 0.5) is 0 Å². The number of carbonyl (C=O) groups excluding carboxylic acids is 2. The molecule has 132 valence electrons. The monoisotopic (exact) mass is 338 g/mol. The number of rotatable bonds is 6. The summed E-state index contributed by atoms with van der Waals surface area (Å²) >= 11 is 0. The molecule has 0 bridgehead atoms. The van der Waals surface area contributed by atoms with Gasteiger partial charge in [-0.2, -0.15) is 0 Å². The molecule has 25 heavy (non-hydrogen) atoms. The fourth-order valence-electron chi connectivity index (χ4n) is 2.83. The smallest absolute Gasteiger partial charge is 0.251 e. The molecular formula is C21H26N2O2. The van der Waals surface area contributed by atoms with Gasteiger partial charge in [-0.1, -0.05) is 53.9 Å². The lowest BCUT2D eigenvalue weighted by molar-refractivity contribution is -0.120. The molecule has 0 aromatic heterocycles. The van der Waals surface area contributed by atoms with E-state index in [-0.39, 0.29) is 24.4 Å². The van der Waals surface area contributed by atoms with Gasteiger partial charge in [0.15, 0.2) is 0 Å². The van der Waals surface area contributed by atoms with E-state index in [0.29, 0.717) is 5.56 Å². The molecule has 0 aliphatic rings. The van der Waals surface area contributed by atoms with Crippen molar-refractivity contribution in [2.45, 2.75) is 40.2 Å². The fraction of sp³-hybridized carbons (Fsp3) is 0.333. The van der Waals surface area contributed by atoms with E-state index < -0.39 is 0 Å². The largest absolute Gasteiger partial charge is 0.348 e. The van der Waals surface area contributed by atoms with Crippen molar-refractivity contribution in [1.29, 1.82) is 0 Å². The zero-order valence-electron chi connectivity index (χ0n) is 15.3. The third-order valence-corrected chi connectivity index (χ3v) is 4.12. The molecule has 2 N–H and O–H groups in total. The summed E-state index contributed by atoms with van der Waals surface area (Å²) in [7, 11) is 0. The molecule has 0 aliphatic carbocycles. The number of nitrogens with one attached hydrogen (secondary N) is 2. The van der Waals surface area contributed by atoms with Crippen LogP contribution in [0, 0.1) is 20.8 Å². The van der Waals surface area contributed by atoms with Crippen LogP contribution in [0.2, 0.25) is 0 Å². The molecule has 2 aromatic carbocycles. The second-order valence-corrected chi connectivity index (χ2v) is 6.50. The molecule has 0 aliphatic heterocycles. The molecule has 2 aromatic rings. The van der Waals surface area contributed by atoms with Gasteiger partial charge in [-0.25, -0.2) is 0 Å². The van der Waals surface area contributed by atoms with Crippen molar-refractivity contribution in [3.05, 3.63) is 70.3 Å². The van der Waals surface area contributed by atoms with E-state index in [9.17, 15) is 9.59 Å². The Kier molecular flexibility index (Phi) is 6.34. The van der Waals surface area contributed by atoms with E-state index >= 15 is 0 Å². The fourth-order valence-corrected chi connectivity index (χ4v) is 2.83. The summed E-state index contributed by atoms with van der Waals surface area (Å²) < 4.78 is 0. The van der Waals surface area contributed by atoms with Gasteiger partial charge in [0.1, 0.15) is 0 Å². The van der Waals surface area contributed by atoms with Crippen molar-refractivity contribution in [1.82, 2.24) is 10.6 Å². The average molecular weight is 338 g/mol. The average Bonchev–Trinajstić information content (AvgIpc) is 2.57. The summed E-state index contributed by atoms with van der Waals surface area (Å²) in [4.78, 5) is 24.4. The van der Waals surface area contributed by atoms with Crippen LogP contribution >= 0.6 is 0 Å². The Balaban J connectivity index is 1.92. The van der Waals surface area contributed by atoms with Gasteiger partial charge in [0.25, 0.3) is 5.91 Å².